The van der Waals surface area contributed by atoms with Crippen LogP contribution in [0.3, 0.4) is 0 Å². The Hall–Kier alpha value is -6.28. The van der Waals surface area contributed by atoms with Gasteiger partial charge in [0.05, 0.1) is 11.6 Å². The molecule has 0 radical (unpaired) electrons. The lowest BCUT2D eigenvalue weighted by molar-refractivity contribution is 0.695. The molecule has 0 aliphatic rings. The van der Waals surface area contributed by atoms with Gasteiger partial charge >= 0.3 is 0 Å². The number of hydrogen-bond acceptors (Lipinski definition) is 3. The number of aromatic nitrogens is 2. The number of hydrogen-bond donors (Lipinski definition) is 0. The van der Waals surface area contributed by atoms with Crippen molar-refractivity contribution in [3.63, 3.8) is 0 Å². The Bertz CT molecular complexity index is 2660. The van der Waals surface area contributed by atoms with E-state index in [2.05, 4.69) is 169 Å². The molecule has 9 aromatic rings. The van der Waals surface area contributed by atoms with E-state index in [1.165, 1.54) is 42.7 Å². The van der Waals surface area contributed by atoms with Crippen molar-refractivity contribution in [2.45, 2.75) is 12.3 Å². The Kier molecular flexibility index (Phi) is 7.16. The van der Waals surface area contributed by atoms with Crippen molar-refractivity contribution in [1.29, 1.82) is 5.26 Å². The quantitative estimate of drug-likeness (QED) is 0.167. The molecule has 4 heteroatoms. The summed E-state index contributed by atoms with van der Waals surface area (Å²) in [4.78, 5) is 6.14. The molecule has 0 atom stereocenters. The van der Waals surface area contributed by atoms with Gasteiger partial charge in [-0.2, -0.15) is 5.26 Å². The van der Waals surface area contributed by atoms with Gasteiger partial charge in [-0.25, -0.2) is 4.98 Å². The molecular weight excluding hydrogens is 627 g/mol. The maximum atomic E-state index is 9.49. The van der Waals surface area contributed by atoms with E-state index < -0.39 is 5.41 Å². The minimum absolute atomic E-state index is 0.444. The van der Waals surface area contributed by atoms with Gasteiger partial charge in [0.15, 0.2) is 0 Å². The number of benzene rings is 6. The van der Waals surface area contributed by atoms with E-state index in [0.717, 1.165) is 33.4 Å². The van der Waals surface area contributed by atoms with Crippen molar-refractivity contribution in [3.8, 4) is 39.4 Å². The zero-order chi connectivity index (χ0) is 33.7. The third kappa shape index (κ3) is 4.91. The zero-order valence-corrected chi connectivity index (χ0v) is 28.2. The first-order valence-electron chi connectivity index (χ1n) is 16.8. The van der Waals surface area contributed by atoms with Crippen LogP contribution in [0.5, 0.6) is 0 Å². The second-order valence-corrected chi connectivity index (χ2v) is 13.9. The Balaban J connectivity index is 1.16. The highest BCUT2D eigenvalue weighted by molar-refractivity contribution is 7.25. The molecule has 3 heterocycles. The summed E-state index contributed by atoms with van der Waals surface area (Å²) in [6.45, 7) is 2.33. The summed E-state index contributed by atoms with van der Waals surface area (Å²) in [6.07, 6.45) is 2.09. The highest BCUT2D eigenvalue weighted by Crippen LogP contribution is 2.45. The van der Waals surface area contributed by atoms with Crippen LogP contribution < -0.4 is 0 Å². The summed E-state index contributed by atoms with van der Waals surface area (Å²) in [5.74, 6) is 0. The van der Waals surface area contributed by atoms with Crippen LogP contribution in [-0.2, 0) is 5.41 Å². The molecule has 3 aromatic heterocycles. The molecular formula is C46H31N3S. The lowest BCUT2D eigenvalue weighted by Crippen LogP contribution is -2.26. The molecule has 3 nitrogen and oxygen atoms in total. The molecule has 50 heavy (non-hydrogen) atoms. The molecule has 9 rings (SSSR count). The fourth-order valence-corrected chi connectivity index (χ4v) is 8.44. The van der Waals surface area contributed by atoms with E-state index in [4.69, 9.17) is 4.98 Å². The Morgan fingerprint density at radius 1 is 0.600 bits per heavy atom. The first kappa shape index (κ1) is 29.8. The number of nitriles is 1. The number of nitrogens with zero attached hydrogens (tertiary/aromatic N) is 3. The van der Waals surface area contributed by atoms with Crippen molar-refractivity contribution in [2.24, 2.45) is 0 Å². The molecule has 0 aliphatic heterocycles. The summed E-state index contributed by atoms with van der Waals surface area (Å²) in [5, 5.41) is 10.7. The maximum Gasteiger partial charge on any atom is 0.138 e. The monoisotopic (exact) mass is 657 g/mol. The van der Waals surface area contributed by atoms with Gasteiger partial charge < -0.3 is 0 Å². The third-order valence-electron chi connectivity index (χ3n) is 10.1. The molecule has 0 spiro atoms. The number of imidazole rings is 1. The Labute approximate surface area is 295 Å². The normalized spacial score (nSPS) is 11.7. The number of thiophene rings is 1. The smallest absolute Gasteiger partial charge is 0.138 e. The third-order valence-corrected chi connectivity index (χ3v) is 11.2. The largest absolute Gasteiger partial charge is 0.291 e. The van der Waals surface area contributed by atoms with Crippen LogP contribution in [0.25, 0.3) is 59.5 Å². The van der Waals surface area contributed by atoms with Gasteiger partial charge in [0.1, 0.15) is 16.0 Å². The SMILES string of the molecule is CC(c1ccccc1)(c1ccccc1)c1cc(-c2ccc(-c3ccc4sc5c(nc6ccccn65)c4c3)cc2)ccc1-c1ccc(C#N)cc1. The molecule has 236 valence electrons. The summed E-state index contributed by atoms with van der Waals surface area (Å²) in [5.41, 5.74) is 12.8. The van der Waals surface area contributed by atoms with Crippen molar-refractivity contribution >= 4 is 37.4 Å². The molecule has 0 N–H and O–H groups in total. The average Bonchev–Trinajstić information content (AvgIpc) is 3.74. The topological polar surface area (TPSA) is 41.1 Å². The standard InChI is InChI=1S/C46H31N3S/c1-46(37-10-4-2-5-11-37,38-12-6-3-7-13-38)41-29-36(23-25-39(41)34-17-15-31(30-47)16-18-34)33-21-19-32(20-22-33)35-24-26-42-40(28-35)44-45(50-42)49-27-9-8-14-43(49)48-44/h2-29H,1H3. The highest BCUT2D eigenvalue weighted by atomic mass is 32.1. The summed E-state index contributed by atoms with van der Waals surface area (Å²) >= 11 is 1.79. The van der Waals surface area contributed by atoms with Crippen LogP contribution in [0, 0.1) is 11.3 Å². The first-order valence-corrected chi connectivity index (χ1v) is 17.6. The van der Waals surface area contributed by atoms with Crippen LogP contribution in [0.1, 0.15) is 29.2 Å². The number of rotatable bonds is 6. The zero-order valence-electron chi connectivity index (χ0n) is 27.4. The fraction of sp³-hybridized carbons (Fsp3) is 0.0435. The van der Waals surface area contributed by atoms with Gasteiger partial charge in [-0.1, -0.05) is 121 Å². The molecule has 0 saturated carbocycles. The van der Waals surface area contributed by atoms with Crippen LogP contribution in [0.2, 0.25) is 0 Å². The van der Waals surface area contributed by atoms with Gasteiger partial charge in [-0.3, -0.25) is 4.40 Å². The van der Waals surface area contributed by atoms with E-state index in [1.807, 2.05) is 18.2 Å². The predicted molar refractivity (Wildman–Crippen MR) is 208 cm³/mol. The summed E-state index contributed by atoms with van der Waals surface area (Å²) in [7, 11) is 0. The Morgan fingerprint density at radius 2 is 1.18 bits per heavy atom. The lowest BCUT2D eigenvalue weighted by atomic mass is 9.68. The van der Waals surface area contributed by atoms with Gasteiger partial charge in [0.2, 0.25) is 0 Å². The number of pyridine rings is 1. The molecule has 0 saturated heterocycles. The van der Waals surface area contributed by atoms with Gasteiger partial charge in [0.25, 0.3) is 0 Å². The Morgan fingerprint density at radius 3 is 1.84 bits per heavy atom. The molecule has 0 aliphatic carbocycles. The van der Waals surface area contributed by atoms with E-state index in [1.54, 1.807) is 11.3 Å². The van der Waals surface area contributed by atoms with E-state index in [-0.39, 0.29) is 0 Å². The molecule has 0 amide bonds. The minimum Gasteiger partial charge on any atom is -0.291 e. The van der Waals surface area contributed by atoms with Crippen molar-refractivity contribution < 1.29 is 0 Å². The van der Waals surface area contributed by atoms with Crippen LogP contribution in [-0.4, -0.2) is 9.38 Å². The predicted octanol–water partition coefficient (Wildman–Crippen LogP) is 11.9. The van der Waals surface area contributed by atoms with Crippen molar-refractivity contribution in [1.82, 2.24) is 9.38 Å². The first-order chi connectivity index (χ1) is 24.6. The van der Waals surface area contributed by atoms with Gasteiger partial charge in [0, 0.05) is 21.7 Å². The number of fused-ring (bicyclic) bond motifs is 5. The van der Waals surface area contributed by atoms with Gasteiger partial charge in [-0.05, 0) is 99.5 Å². The maximum absolute atomic E-state index is 9.49. The second kappa shape index (κ2) is 12.0. The van der Waals surface area contributed by atoms with Crippen molar-refractivity contribution in [3.05, 3.63) is 192 Å². The molecule has 0 fully saturated rings. The lowest BCUT2D eigenvalue weighted by Gasteiger charge is -2.34. The van der Waals surface area contributed by atoms with Crippen molar-refractivity contribution in [2.75, 3.05) is 0 Å². The van der Waals surface area contributed by atoms with Crippen LogP contribution >= 0.6 is 11.3 Å². The van der Waals surface area contributed by atoms with E-state index in [0.29, 0.717) is 5.56 Å². The molecule has 6 aromatic carbocycles. The molecule has 0 bridgehead atoms. The average molecular weight is 658 g/mol. The summed E-state index contributed by atoms with van der Waals surface area (Å²) in [6, 6.07) is 60.3. The van der Waals surface area contributed by atoms with Gasteiger partial charge in [-0.15, -0.1) is 11.3 Å². The summed E-state index contributed by atoms with van der Waals surface area (Å²) < 4.78 is 3.42. The second-order valence-electron chi connectivity index (χ2n) is 12.9. The van der Waals surface area contributed by atoms with E-state index >= 15 is 0 Å². The fourth-order valence-electron chi connectivity index (χ4n) is 7.32. The van der Waals surface area contributed by atoms with Crippen LogP contribution in [0.4, 0.5) is 0 Å². The highest BCUT2D eigenvalue weighted by Gasteiger charge is 2.33. The van der Waals surface area contributed by atoms with Crippen LogP contribution in [0.15, 0.2) is 170 Å². The minimum atomic E-state index is -0.444. The van der Waals surface area contributed by atoms with E-state index in [9.17, 15) is 5.26 Å². The molecule has 0 unspecified atom stereocenters.